The predicted molar refractivity (Wildman–Crippen MR) is 89.6 cm³/mol. The maximum Gasteiger partial charge on any atom is 0.334 e. The summed E-state index contributed by atoms with van der Waals surface area (Å²) in [5.41, 5.74) is 0.593. The third-order valence-electron chi connectivity index (χ3n) is 3.89. The summed E-state index contributed by atoms with van der Waals surface area (Å²) in [5.74, 6) is -0.606. The van der Waals surface area contributed by atoms with Gasteiger partial charge < -0.3 is 9.47 Å². The highest BCUT2D eigenvalue weighted by Gasteiger charge is 2.44. The van der Waals surface area contributed by atoms with Gasteiger partial charge in [-0.2, -0.15) is 0 Å². The molecule has 2 aliphatic heterocycles. The Bertz CT molecular complexity index is 734. The van der Waals surface area contributed by atoms with Crippen molar-refractivity contribution in [2.45, 2.75) is 26.8 Å². The van der Waals surface area contributed by atoms with Crippen LogP contribution in [0.25, 0.3) is 0 Å². The minimum atomic E-state index is -0.825. The molecule has 4 amide bonds. The number of rotatable bonds is 4. The van der Waals surface area contributed by atoms with Gasteiger partial charge in [0.1, 0.15) is 0 Å². The first-order valence-corrected chi connectivity index (χ1v) is 8.51. The molecule has 1 aromatic carbocycles. The van der Waals surface area contributed by atoms with E-state index in [9.17, 15) is 14.4 Å². The molecule has 1 fully saturated rings. The van der Waals surface area contributed by atoms with Gasteiger partial charge in [-0.05, 0) is 23.6 Å². The van der Waals surface area contributed by atoms with E-state index in [4.69, 9.17) is 21.1 Å². The maximum absolute atomic E-state index is 12.4. The summed E-state index contributed by atoms with van der Waals surface area (Å²) >= 11 is 6.23. The number of nitrogens with zero attached hydrogens (tertiary/aromatic N) is 2. The Hall–Kier alpha value is -2.28. The van der Waals surface area contributed by atoms with Gasteiger partial charge in [-0.3, -0.25) is 19.4 Å². The molecular weight excluding hydrogens is 348 g/mol. The van der Waals surface area contributed by atoms with Crippen molar-refractivity contribution in [2.24, 2.45) is 5.92 Å². The van der Waals surface area contributed by atoms with Crippen LogP contribution >= 0.6 is 11.6 Å². The highest BCUT2D eigenvalue weighted by molar-refractivity contribution is 6.44. The Morgan fingerprint density at radius 3 is 2.48 bits per heavy atom. The minimum Gasteiger partial charge on any atom is -0.489 e. The molecule has 0 unspecified atom stereocenters. The summed E-state index contributed by atoms with van der Waals surface area (Å²) in [6, 6.07) is 2.69. The Labute approximate surface area is 150 Å². The molecule has 0 radical (unpaired) electrons. The van der Waals surface area contributed by atoms with Crippen molar-refractivity contribution in [1.82, 2.24) is 9.80 Å². The molecule has 0 spiro atoms. The second kappa shape index (κ2) is 6.92. The van der Waals surface area contributed by atoms with Gasteiger partial charge in [-0.1, -0.05) is 25.4 Å². The molecule has 1 aromatic rings. The highest BCUT2D eigenvalue weighted by atomic mass is 35.5. The molecule has 1 saturated heterocycles. The summed E-state index contributed by atoms with van der Waals surface area (Å²) in [6.07, 6.45) is 0.738. The second-order valence-corrected chi connectivity index (χ2v) is 6.85. The van der Waals surface area contributed by atoms with E-state index in [1.165, 1.54) is 0 Å². The number of hydrogen-bond donors (Lipinski definition) is 0. The highest BCUT2D eigenvalue weighted by Crippen LogP contribution is 2.38. The average Bonchev–Trinajstić information content (AvgIpc) is 2.76. The lowest BCUT2D eigenvalue weighted by atomic mass is 10.2. The third-order valence-corrected chi connectivity index (χ3v) is 4.17. The number of urea groups is 1. The molecule has 0 aliphatic carbocycles. The zero-order chi connectivity index (χ0) is 18.1. The van der Waals surface area contributed by atoms with Crippen LogP contribution in [0.5, 0.6) is 11.5 Å². The summed E-state index contributed by atoms with van der Waals surface area (Å²) in [7, 11) is 0. The van der Waals surface area contributed by atoms with E-state index in [1.807, 2.05) is 13.8 Å². The lowest BCUT2D eigenvalue weighted by Gasteiger charge is -2.18. The average molecular weight is 367 g/mol. The topological polar surface area (TPSA) is 76.2 Å². The van der Waals surface area contributed by atoms with Crippen molar-refractivity contribution in [1.29, 1.82) is 0 Å². The summed E-state index contributed by atoms with van der Waals surface area (Å²) in [5, 5.41) is 0.346. The van der Waals surface area contributed by atoms with Gasteiger partial charge in [0.2, 0.25) is 0 Å². The van der Waals surface area contributed by atoms with Gasteiger partial charge in [-0.15, -0.1) is 0 Å². The van der Waals surface area contributed by atoms with E-state index in [-0.39, 0.29) is 19.0 Å². The zero-order valence-corrected chi connectivity index (χ0v) is 14.8. The molecular formula is C17H19ClN2O5. The normalized spacial score (nSPS) is 17.5. The number of carbonyl (C=O) groups is 3. The smallest absolute Gasteiger partial charge is 0.334 e. The summed E-state index contributed by atoms with van der Waals surface area (Å²) in [4.78, 5) is 38.5. The van der Waals surface area contributed by atoms with Crippen LogP contribution in [0.4, 0.5) is 4.79 Å². The standard InChI is InChI=1S/C17H19ClN2O5/c1-10(2)8-19-15(21)16(22)20(17(19)23)9-11-6-12(18)14-13(7-11)24-4-3-5-25-14/h6-7,10H,3-5,8-9H2,1-2H3. The monoisotopic (exact) mass is 366 g/mol. The van der Waals surface area contributed by atoms with Crippen LogP contribution in [0.1, 0.15) is 25.8 Å². The first kappa shape index (κ1) is 17.5. The predicted octanol–water partition coefficient (Wildman–Crippen LogP) is 2.45. The molecule has 0 N–H and O–H groups in total. The Morgan fingerprint density at radius 2 is 1.76 bits per heavy atom. The first-order chi connectivity index (χ1) is 11.9. The third kappa shape index (κ3) is 3.42. The van der Waals surface area contributed by atoms with Crippen molar-refractivity contribution in [2.75, 3.05) is 19.8 Å². The van der Waals surface area contributed by atoms with Crippen molar-refractivity contribution >= 4 is 29.4 Å². The SMILES string of the molecule is CC(C)CN1C(=O)C(=O)N(Cc2cc(Cl)c3c(c2)OCCCO3)C1=O. The molecule has 0 bridgehead atoms. The Balaban J connectivity index is 1.84. The van der Waals surface area contributed by atoms with Crippen molar-refractivity contribution in [3.05, 3.63) is 22.7 Å². The lowest BCUT2D eigenvalue weighted by Crippen LogP contribution is -2.35. The molecule has 0 aromatic heterocycles. The molecule has 7 nitrogen and oxygen atoms in total. The summed E-state index contributed by atoms with van der Waals surface area (Å²) in [6.45, 7) is 4.91. The van der Waals surface area contributed by atoms with E-state index in [0.717, 1.165) is 16.2 Å². The number of fused-ring (bicyclic) bond motifs is 1. The molecule has 2 aliphatic rings. The molecule has 134 valence electrons. The van der Waals surface area contributed by atoms with E-state index >= 15 is 0 Å². The van der Waals surface area contributed by atoms with Crippen LogP contribution in [0, 0.1) is 5.92 Å². The van der Waals surface area contributed by atoms with Crippen molar-refractivity contribution < 1.29 is 23.9 Å². The second-order valence-electron chi connectivity index (χ2n) is 6.44. The molecule has 3 rings (SSSR count). The fourth-order valence-corrected chi connectivity index (χ4v) is 3.06. The quantitative estimate of drug-likeness (QED) is 0.604. The number of benzene rings is 1. The molecule has 2 heterocycles. The van der Waals surface area contributed by atoms with Gasteiger partial charge in [0.15, 0.2) is 11.5 Å². The fourth-order valence-electron chi connectivity index (χ4n) is 2.77. The number of imide groups is 2. The number of hydrogen-bond acceptors (Lipinski definition) is 5. The van der Waals surface area contributed by atoms with Crippen molar-refractivity contribution in [3.63, 3.8) is 0 Å². The lowest BCUT2D eigenvalue weighted by molar-refractivity contribution is -0.143. The van der Waals surface area contributed by atoms with E-state index in [0.29, 0.717) is 35.3 Å². The fraction of sp³-hybridized carbons (Fsp3) is 0.471. The maximum atomic E-state index is 12.4. The van der Waals surface area contributed by atoms with Crippen LogP contribution < -0.4 is 9.47 Å². The molecule has 0 saturated carbocycles. The number of carbonyl (C=O) groups excluding carboxylic acids is 3. The Morgan fingerprint density at radius 1 is 1.08 bits per heavy atom. The van der Waals surface area contributed by atoms with Gasteiger partial charge in [0, 0.05) is 13.0 Å². The van der Waals surface area contributed by atoms with Crippen LogP contribution in [0.2, 0.25) is 5.02 Å². The largest absolute Gasteiger partial charge is 0.489 e. The number of ether oxygens (including phenoxy) is 2. The number of halogens is 1. The van der Waals surface area contributed by atoms with E-state index < -0.39 is 17.8 Å². The summed E-state index contributed by atoms with van der Waals surface area (Å²) < 4.78 is 11.2. The van der Waals surface area contributed by atoms with Crippen LogP contribution in [-0.4, -0.2) is 47.4 Å². The molecule has 0 atom stereocenters. The van der Waals surface area contributed by atoms with Gasteiger partial charge in [0.05, 0.1) is 24.8 Å². The van der Waals surface area contributed by atoms with Gasteiger partial charge in [0.25, 0.3) is 0 Å². The molecule has 25 heavy (non-hydrogen) atoms. The van der Waals surface area contributed by atoms with Crippen LogP contribution in [0.3, 0.4) is 0 Å². The van der Waals surface area contributed by atoms with E-state index in [2.05, 4.69) is 0 Å². The van der Waals surface area contributed by atoms with E-state index in [1.54, 1.807) is 12.1 Å². The molecule has 8 heteroatoms. The van der Waals surface area contributed by atoms with Crippen LogP contribution in [0.15, 0.2) is 12.1 Å². The van der Waals surface area contributed by atoms with Gasteiger partial charge >= 0.3 is 17.8 Å². The first-order valence-electron chi connectivity index (χ1n) is 8.14. The number of amides is 4. The minimum absolute atomic E-state index is 0.0473. The zero-order valence-electron chi connectivity index (χ0n) is 14.1. The Kier molecular flexibility index (Phi) is 4.85. The van der Waals surface area contributed by atoms with Gasteiger partial charge in [-0.25, -0.2) is 4.79 Å². The van der Waals surface area contributed by atoms with Crippen molar-refractivity contribution in [3.8, 4) is 11.5 Å². The van der Waals surface area contributed by atoms with Crippen LogP contribution in [-0.2, 0) is 16.1 Å².